The Morgan fingerprint density at radius 1 is 1.35 bits per heavy atom. The van der Waals surface area contributed by atoms with Crippen molar-refractivity contribution in [3.05, 3.63) is 22.4 Å². The number of hydrogen-bond donors (Lipinski definition) is 2. The molecule has 23 heavy (non-hydrogen) atoms. The third-order valence-corrected chi connectivity index (χ3v) is 5.58. The molecule has 3 N–H and O–H groups in total. The molecule has 128 valence electrons. The molecule has 1 saturated heterocycles. The third-order valence-electron chi connectivity index (χ3n) is 4.90. The van der Waals surface area contributed by atoms with Crippen LogP contribution in [0, 0.1) is 11.8 Å². The molecule has 0 bridgehead atoms. The van der Waals surface area contributed by atoms with E-state index in [2.05, 4.69) is 5.32 Å². The highest BCUT2D eigenvalue weighted by molar-refractivity contribution is 7.08. The van der Waals surface area contributed by atoms with Crippen LogP contribution >= 0.6 is 23.7 Å². The van der Waals surface area contributed by atoms with Crippen molar-refractivity contribution in [3.8, 4) is 0 Å². The third kappa shape index (κ3) is 4.25. The zero-order chi connectivity index (χ0) is 15.5. The van der Waals surface area contributed by atoms with Crippen LogP contribution in [-0.4, -0.2) is 42.4 Å². The van der Waals surface area contributed by atoms with Crippen molar-refractivity contribution < 1.29 is 9.59 Å². The summed E-state index contributed by atoms with van der Waals surface area (Å²) in [6.07, 6.45) is 3.45. The Morgan fingerprint density at radius 3 is 2.87 bits per heavy atom. The standard InChI is InChI=1S/C16H23N3O2S.ClH/c17-14-4-3-11-8-19(9-13(11)14)15(20)2-1-6-18-16(21)12-5-7-22-10-12;/h5,7,10-11,13-14H,1-4,6,8-9,17H2,(H,18,21);1H. The quantitative estimate of drug-likeness (QED) is 0.790. The highest BCUT2D eigenvalue weighted by atomic mass is 35.5. The maximum atomic E-state index is 12.2. The molecule has 3 rings (SSSR count). The Balaban J connectivity index is 0.00000192. The van der Waals surface area contributed by atoms with Gasteiger partial charge in [-0.05, 0) is 42.5 Å². The van der Waals surface area contributed by atoms with Crippen molar-refractivity contribution in [1.82, 2.24) is 10.2 Å². The fourth-order valence-corrected chi connectivity index (χ4v) is 4.24. The summed E-state index contributed by atoms with van der Waals surface area (Å²) in [5.74, 6) is 1.25. The number of rotatable bonds is 5. The number of nitrogens with one attached hydrogen (secondary N) is 1. The van der Waals surface area contributed by atoms with Gasteiger partial charge in [0.1, 0.15) is 0 Å². The summed E-state index contributed by atoms with van der Waals surface area (Å²) in [5.41, 5.74) is 6.79. The second-order valence-electron chi connectivity index (χ2n) is 6.34. The molecule has 0 radical (unpaired) electrons. The van der Waals surface area contributed by atoms with Crippen LogP contribution in [0.25, 0.3) is 0 Å². The van der Waals surface area contributed by atoms with E-state index in [4.69, 9.17) is 5.73 Å². The lowest BCUT2D eigenvalue weighted by molar-refractivity contribution is -0.130. The van der Waals surface area contributed by atoms with Gasteiger partial charge in [0.05, 0.1) is 0 Å². The van der Waals surface area contributed by atoms with Gasteiger partial charge in [-0.3, -0.25) is 9.59 Å². The van der Waals surface area contributed by atoms with Gasteiger partial charge in [-0.1, -0.05) is 0 Å². The van der Waals surface area contributed by atoms with Crippen LogP contribution < -0.4 is 11.1 Å². The number of carbonyl (C=O) groups excluding carboxylic acids is 2. The zero-order valence-corrected chi connectivity index (χ0v) is 14.7. The second kappa shape index (κ2) is 8.13. The van der Waals surface area contributed by atoms with Crippen LogP contribution in [0.5, 0.6) is 0 Å². The van der Waals surface area contributed by atoms with Crippen molar-refractivity contribution in [2.45, 2.75) is 31.7 Å². The van der Waals surface area contributed by atoms with Crippen LogP contribution in [0.3, 0.4) is 0 Å². The number of hydrogen-bond acceptors (Lipinski definition) is 4. The van der Waals surface area contributed by atoms with E-state index in [1.807, 2.05) is 15.7 Å². The molecule has 1 aromatic rings. The molecule has 1 aliphatic heterocycles. The van der Waals surface area contributed by atoms with Gasteiger partial charge in [0.25, 0.3) is 5.91 Å². The Hall–Kier alpha value is -1.11. The minimum Gasteiger partial charge on any atom is -0.352 e. The molecular weight excluding hydrogens is 334 g/mol. The van der Waals surface area contributed by atoms with Crippen LogP contribution in [0.15, 0.2) is 16.8 Å². The zero-order valence-electron chi connectivity index (χ0n) is 13.1. The summed E-state index contributed by atoms with van der Waals surface area (Å²) < 4.78 is 0. The van der Waals surface area contributed by atoms with Gasteiger partial charge in [-0.25, -0.2) is 0 Å². The Bertz CT molecular complexity index is 537. The summed E-state index contributed by atoms with van der Waals surface area (Å²) in [4.78, 5) is 26.0. The van der Waals surface area contributed by atoms with E-state index in [0.29, 0.717) is 36.8 Å². The van der Waals surface area contributed by atoms with Crippen LogP contribution in [0.2, 0.25) is 0 Å². The van der Waals surface area contributed by atoms with Crippen molar-refractivity contribution in [2.24, 2.45) is 17.6 Å². The monoisotopic (exact) mass is 357 g/mol. The maximum absolute atomic E-state index is 12.2. The van der Waals surface area contributed by atoms with Crippen molar-refractivity contribution in [3.63, 3.8) is 0 Å². The predicted molar refractivity (Wildman–Crippen MR) is 93.9 cm³/mol. The summed E-state index contributed by atoms with van der Waals surface area (Å²) in [6.45, 7) is 2.24. The summed E-state index contributed by atoms with van der Waals surface area (Å²) >= 11 is 1.51. The predicted octanol–water partition coefficient (Wildman–Crippen LogP) is 1.88. The van der Waals surface area contributed by atoms with E-state index in [-0.39, 0.29) is 30.3 Å². The van der Waals surface area contributed by atoms with E-state index < -0.39 is 0 Å². The number of fused-ring (bicyclic) bond motifs is 1. The number of nitrogens with zero attached hydrogens (tertiary/aromatic N) is 1. The van der Waals surface area contributed by atoms with Gasteiger partial charge in [-0.2, -0.15) is 11.3 Å². The fraction of sp³-hybridized carbons (Fsp3) is 0.625. The number of halogens is 1. The lowest BCUT2D eigenvalue weighted by atomic mass is 9.98. The van der Waals surface area contributed by atoms with E-state index >= 15 is 0 Å². The van der Waals surface area contributed by atoms with Crippen LogP contribution in [0.4, 0.5) is 0 Å². The highest BCUT2D eigenvalue weighted by Gasteiger charge is 2.42. The smallest absolute Gasteiger partial charge is 0.252 e. The molecule has 2 aliphatic rings. The molecule has 2 amide bonds. The van der Waals surface area contributed by atoms with Gasteiger partial charge in [0, 0.05) is 43.0 Å². The first-order valence-corrected chi connectivity index (χ1v) is 8.93. The van der Waals surface area contributed by atoms with E-state index in [1.54, 1.807) is 6.07 Å². The summed E-state index contributed by atoms with van der Waals surface area (Å²) in [6, 6.07) is 2.07. The maximum Gasteiger partial charge on any atom is 0.252 e. The van der Waals surface area contributed by atoms with Crippen LogP contribution in [-0.2, 0) is 4.79 Å². The first kappa shape index (κ1) is 18.2. The van der Waals surface area contributed by atoms with E-state index in [9.17, 15) is 9.59 Å². The molecule has 3 unspecified atom stereocenters. The average molecular weight is 358 g/mol. The first-order valence-electron chi connectivity index (χ1n) is 7.99. The number of likely N-dealkylation sites (tertiary alicyclic amines) is 1. The molecule has 5 nitrogen and oxygen atoms in total. The minimum atomic E-state index is -0.0598. The van der Waals surface area contributed by atoms with Crippen LogP contribution in [0.1, 0.15) is 36.0 Å². The molecule has 2 fully saturated rings. The lowest BCUT2D eigenvalue weighted by Crippen LogP contribution is -2.34. The van der Waals surface area contributed by atoms with Crippen molar-refractivity contribution >= 4 is 35.6 Å². The number of amides is 2. The number of carbonyl (C=O) groups is 2. The molecule has 2 heterocycles. The van der Waals surface area contributed by atoms with E-state index in [1.165, 1.54) is 11.3 Å². The van der Waals surface area contributed by atoms with Gasteiger partial charge in [-0.15, -0.1) is 12.4 Å². The highest BCUT2D eigenvalue weighted by Crippen LogP contribution is 2.37. The molecule has 1 aromatic heterocycles. The molecule has 3 atom stereocenters. The average Bonchev–Trinajstić information content (AvgIpc) is 3.22. The van der Waals surface area contributed by atoms with Gasteiger partial charge in [0.15, 0.2) is 0 Å². The summed E-state index contributed by atoms with van der Waals surface area (Å²) in [7, 11) is 0. The number of nitrogens with two attached hydrogens (primary N) is 1. The lowest BCUT2D eigenvalue weighted by Gasteiger charge is -2.18. The minimum absolute atomic E-state index is 0. The first-order chi connectivity index (χ1) is 10.6. The van der Waals surface area contributed by atoms with Gasteiger partial charge < -0.3 is 16.0 Å². The second-order valence-corrected chi connectivity index (χ2v) is 7.12. The topological polar surface area (TPSA) is 75.4 Å². The largest absolute Gasteiger partial charge is 0.352 e. The fourth-order valence-electron chi connectivity index (χ4n) is 3.61. The Morgan fingerprint density at radius 2 is 2.17 bits per heavy atom. The van der Waals surface area contributed by atoms with Crippen molar-refractivity contribution in [1.29, 1.82) is 0 Å². The Kier molecular flexibility index (Phi) is 6.44. The Labute approximate surface area is 147 Å². The molecule has 1 aliphatic carbocycles. The molecule has 7 heteroatoms. The molecule has 0 aromatic carbocycles. The SMILES string of the molecule is Cl.NC1CCC2CN(C(=O)CCCNC(=O)c3ccsc3)CC12. The normalized spacial score (nSPS) is 25.8. The summed E-state index contributed by atoms with van der Waals surface area (Å²) in [5, 5.41) is 6.56. The van der Waals surface area contributed by atoms with Crippen molar-refractivity contribution in [2.75, 3.05) is 19.6 Å². The van der Waals surface area contributed by atoms with Gasteiger partial charge >= 0.3 is 0 Å². The van der Waals surface area contributed by atoms with E-state index in [0.717, 1.165) is 25.9 Å². The molecule has 1 saturated carbocycles. The molecule has 0 spiro atoms. The van der Waals surface area contributed by atoms with Gasteiger partial charge in [0.2, 0.25) is 5.91 Å². The number of thiophene rings is 1. The molecular formula is C16H24ClN3O2S.